The van der Waals surface area contributed by atoms with Crippen LogP contribution in [-0.2, 0) is 20.8 Å². The molecule has 6 atom stereocenters. The zero-order valence-corrected chi connectivity index (χ0v) is 25.0. The van der Waals surface area contributed by atoms with E-state index >= 15 is 0 Å². The number of Topliss-reactive ketones (excluding diaryl/α,β-unsaturated/α-hetero) is 2. The number of benzene rings is 1. The fraction of sp³-hybridized carbons (Fsp3) is 0.600. The maximum Gasteiger partial charge on any atom is 0.230 e. The van der Waals surface area contributed by atoms with Gasteiger partial charge in [-0.25, -0.2) is 4.99 Å². The lowest BCUT2D eigenvalue weighted by Crippen LogP contribution is -2.73. The van der Waals surface area contributed by atoms with Gasteiger partial charge in [-0.2, -0.15) is 0 Å². The van der Waals surface area contributed by atoms with E-state index in [0.29, 0.717) is 11.3 Å². The van der Waals surface area contributed by atoms with E-state index in [9.17, 15) is 34.8 Å². The molecule has 3 saturated carbocycles. The summed E-state index contributed by atoms with van der Waals surface area (Å²) in [5.74, 6) is -7.77. The fourth-order valence-corrected chi connectivity index (χ4v) is 7.72. The molecule has 0 aliphatic heterocycles. The molecule has 0 radical (unpaired) electrons. The first-order valence-corrected chi connectivity index (χ1v) is 14.7. The molecule has 3 fully saturated rings. The number of aliphatic hydroxyl groups excluding tert-OH is 2. The van der Waals surface area contributed by atoms with Crippen molar-refractivity contribution in [2.45, 2.75) is 68.7 Å². The van der Waals surface area contributed by atoms with Crippen molar-refractivity contribution in [1.82, 2.24) is 4.90 Å². The summed E-state index contributed by atoms with van der Waals surface area (Å²) in [6.45, 7) is 0. The summed E-state index contributed by atoms with van der Waals surface area (Å²) >= 11 is 0. The molecule has 4 aliphatic rings. The van der Waals surface area contributed by atoms with Crippen molar-refractivity contribution >= 4 is 40.6 Å². The second kappa shape index (κ2) is 11.1. The number of amides is 1. The Morgan fingerprint density at radius 1 is 1.09 bits per heavy atom. The summed E-state index contributed by atoms with van der Waals surface area (Å²) in [7, 11) is 6.84. The van der Waals surface area contributed by atoms with Crippen LogP contribution in [0.25, 0.3) is 5.76 Å². The van der Waals surface area contributed by atoms with Gasteiger partial charge in [0.15, 0.2) is 17.3 Å². The number of aliphatic imine (C=N–C) groups is 1. The fourth-order valence-electron chi connectivity index (χ4n) is 7.72. The summed E-state index contributed by atoms with van der Waals surface area (Å²) in [6.07, 6.45) is 3.84. The number of rotatable bonds is 5. The molecule has 1 aromatic rings. The molecule has 0 bridgehead atoms. The number of aliphatic hydroxyl groups is 3. The van der Waals surface area contributed by atoms with Gasteiger partial charge in [0.25, 0.3) is 0 Å². The number of carbonyl (C=O) groups excluding carboxylic acids is 3. The minimum Gasteiger partial charge on any atom is -0.507 e. The molecule has 4 aliphatic carbocycles. The number of guanidine groups is 1. The van der Waals surface area contributed by atoms with Crippen molar-refractivity contribution in [3.8, 4) is 5.75 Å². The maximum absolute atomic E-state index is 14.1. The lowest BCUT2D eigenvalue weighted by Gasteiger charge is -2.53. The van der Waals surface area contributed by atoms with Crippen molar-refractivity contribution in [1.29, 1.82) is 0 Å². The van der Waals surface area contributed by atoms with Gasteiger partial charge in [0, 0.05) is 37.3 Å². The second-order valence-electron chi connectivity index (χ2n) is 12.8. The lowest BCUT2D eigenvalue weighted by atomic mass is 9.54. The van der Waals surface area contributed by atoms with E-state index in [2.05, 4.69) is 10.3 Å². The highest BCUT2D eigenvalue weighted by Gasteiger charge is 2.67. The lowest BCUT2D eigenvalue weighted by molar-refractivity contribution is -0.184. The number of aromatic hydroxyl groups is 1. The van der Waals surface area contributed by atoms with E-state index in [1.54, 1.807) is 39.2 Å². The van der Waals surface area contributed by atoms with Crippen LogP contribution in [0.1, 0.15) is 49.7 Å². The number of anilines is 2. The Hall–Kier alpha value is -3.68. The first kappa shape index (κ1) is 30.8. The summed E-state index contributed by atoms with van der Waals surface area (Å²) in [6, 6.07) is 0.819. The van der Waals surface area contributed by atoms with Gasteiger partial charge in [-0.05, 0) is 57.3 Å². The van der Waals surface area contributed by atoms with Crippen molar-refractivity contribution in [3.63, 3.8) is 0 Å². The summed E-state index contributed by atoms with van der Waals surface area (Å²) in [4.78, 5) is 47.8. The molecular formula is C30H42N6O7. The predicted octanol–water partition coefficient (Wildman–Crippen LogP) is 0.254. The van der Waals surface area contributed by atoms with Crippen LogP contribution in [0.2, 0.25) is 0 Å². The van der Waals surface area contributed by atoms with Crippen LogP contribution in [0.15, 0.2) is 16.6 Å². The molecule has 234 valence electrons. The monoisotopic (exact) mass is 598 g/mol. The number of fused-ring (bicyclic) bond motifs is 3. The van der Waals surface area contributed by atoms with Gasteiger partial charge in [0.1, 0.15) is 17.4 Å². The Bertz CT molecular complexity index is 1420. The van der Waals surface area contributed by atoms with Crippen molar-refractivity contribution in [3.05, 3.63) is 22.8 Å². The molecule has 1 amide bonds. The Morgan fingerprint density at radius 2 is 1.74 bits per heavy atom. The number of hydrogen-bond acceptors (Lipinski definition) is 10. The first-order chi connectivity index (χ1) is 20.2. The molecule has 1 aromatic carbocycles. The molecule has 0 heterocycles. The normalized spacial score (nSPS) is 31.4. The first-order valence-electron chi connectivity index (χ1n) is 14.7. The number of nitrogens with one attached hydrogen (secondary N) is 1. The molecule has 0 spiro atoms. The van der Waals surface area contributed by atoms with E-state index in [0.717, 1.165) is 32.1 Å². The van der Waals surface area contributed by atoms with E-state index in [1.165, 1.54) is 0 Å². The Balaban J connectivity index is 1.62. The highest BCUT2D eigenvalue weighted by Crippen LogP contribution is 2.54. The van der Waals surface area contributed by atoms with Gasteiger partial charge in [-0.3, -0.25) is 14.4 Å². The van der Waals surface area contributed by atoms with E-state index in [-0.39, 0.29) is 47.4 Å². The average molecular weight is 599 g/mol. The third-order valence-electron chi connectivity index (χ3n) is 9.71. The molecule has 43 heavy (non-hydrogen) atoms. The van der Waals surface area contributed by atoms with Gasteiger partial charge >= 0.3 is 0 Å². The number of nitrogens with two attached hydrogens (primary N) is 2. The molecule has 0 saturated heterocycles. The highest BCUT2D eigenvalue weighted by atomic mass is 16.3. The van der Waals surface area contributed by atoms with Crippen molar-refractivity contribution in [2.75, 3.05) is 38.4 Å². The molecular weight excluding hydrogens is 556 g/mol. The SMILES string of the molecule is CN(C)c1cc(NC(N)=NC2CCCCC2)c(O)c2c1C[C@H]1C[C@H]3[C@H](N(C)C)C(O)C(C(N)=O)C(=O)[C@@]3(O)C(=O)C1=C2O. The maximum atomic E-state index is 14.1. The van der Waals surface area contributed by atoms with Crippen molar-refractivity contribution < 1.29 is 34.8 Å². The van der Waals surface area contributed by atoms with E-state index in [4.69, 9.17) is 11.5 Å². The Morgan fingerprint density at radius 3 is 2.33 bits per heavy atom. The standard InChI is InChI=1S/C30H42N6O7/c1-35(2)18-12-17(34-29(32)33-14-8-6-5-7-9-14)23(37)20-15(18)10-13-11-16-22(36(3)4)25(39)21(28(31)42)27(41)30(16,43)26(40)19(13)24(20)38/h12-14,16,21-22,25,37-39,43H,5-11H2,1-4H3,(H2,31,42)(H3,32,33,34)/t13-,16-,21?,22-,25?,30-/m0/s1. The van der Waals surface area contributed by atoms with Gasteiger partial charge in [0.05, 0.1) is 23.4 Å². The van der Waals surface area contributed by atoms with Gasteiger partial charge in [-0.15, -0.1) is 0 Å². The molecule has 13 nitrogen and oxygen atoms in total. The molecule has 13 heteroatoms. The molecule has 0 aromatic heterocycles. The summed E-state index contributed by atoms with van der Waals surface area (Å²) in [5.41, 5.74) is 10.1. The van der Waals surface area contributed by atoms with Crippen LogP contribution in [0.4, 0.5) is 11.4 Å². The van der Waals surface area contributed by atoms with Gasteiger partial charge in [-0.1, -0.05) is 19.3 Å². The number of nitrogens with zero attached hydrogens (tertiary/aromatic N) is 3. The average Bonchev–Trinajstić information content (AvgIpc) is 2.92. The predicted molar refractivity (Wildman–Crippen MR) is 161 cm³/mol. The highest BCUT2D eigenvalue weighted by molar-refractivity contribution is 6.25. The minimum absolute atomic E-state index is 0.0141. The van der Waals surface area contributed by atoms with Crippen LogP contribution in [-0.4, -0.2) is 101 Å². The third-order valence-corrected chi connectivity index (χ3v) is 9.71. The minimum atomic E-state index is -2.71. The van der Waals surface area contributed by atoms with Crippen LogP contribution in [0, 0.1) is 17.8 Å². The number of carbonyl (C=O) groups is 3. The Labute approximate surface area is 250 Å². The number of hydrogen-bond donors (Lipinski definition) is 7. The number of phenolic OH excluding ortho intramolecular Hbond substituents is 1. The zero-order valence-electron chi connectivity index (χ0n) is 25.0. The van der Waals surface area contributed by atoms with E-state index < -0.39 is 58.7 Å². The van der Waals surface area contributed by atoms with Crippen molar-refractivity contribution in [2.24, 2.45) is 34.2 Å². The quantitative estimate of drug-likeness (QED) is 0.106. The van der Waals surface area contributed by atoms with Crippen LogP contribution in [0.3, 0.4) is 0 Å². The largest absolute Gasteiger partial charge is 0.507 e. The zero-order chi connectivity index (χ0) is 31.5. The molecule has 9 N–H and O–H groups in total. The number of likely N-dealkylation sites (N-methyl/N-ethyl adjacent to an activating group) is 1. The molecule has 5 rings (SSSR count). The number of phenols is 1. The summed E-state index contributed by atoms with van der Waals surface area (Å²) < 4.78 is 0. The number of ketones is 2. The van der Waals surface area contributed by atoms with Crippen LogP contribution >= 0.6 is 0 Å². The molecule has 2 unspecified atom stereocenters. The van der Waals surface area contributed by atoms with E-state index in [1.807, 2.05) is 4.90 Å². The van der Waals surface area contributed by atoms with Crippen LogP contribution < -0.4 is 21.7 Å². The van der Waals surface area contributed by atoms with Gasteiger partial charge in [0.2, 0.25) is 11.7 Å². The van der Waals surface area contributed by atoms with Crippen LogP contribution in [0.5, 0.6) is 5.75 Å². The second-order valence-corrected chi connectivity index (χ2v) is 12.8. The topological polar surface area (TPSA) is 215 Å². The smallest absolute Gasteiger partial charge is 0.230 e. The third kappa shape index (κ3) is 4.83. The Kier molecular flexibility index (Phi) is 7.95. The summed E-state index contributed by atoms with van der Waals surface area (Å²) in [5, 5.41) is 48.9. The van der Waals surface area contributed by atoms with Gasteiger partial charge < -0.3 is 47.0 Å². The number of primary amides is 1.